The van der Waals surface area contributed by atoms with Gasteiger partial charge in [0.1, 0.15) is 11.6 Å². The fourth-order valence-electron chi connectivity index (χ4n) is 1.89. The highest BCUT2D eigenvalue weighted by Crippen LogP contribution is 2.34. The SMILES string of the molecule is CC(Oc1ccc(F)cc1Cl)C(=O)Nc1ccccc1C(F)(F)F. The van der Waals surface area contributed by atoms with Crippen LogP contribution in [0.5, 0.6) is 5.75 Å². The van der Waals surface area contributed by atoms with Crippen LogP contribution in [0, 0.1) is 5.82 Å². The van der Waals surface area contributed by atoms with Gasteiger partial charge in [0.2, 0.25) is 0 Å². The molecule has 2 aromatic rings. The summed E-state index contributed by atoms with van der Waals surface area (Å²) in [5.41, 5.74) is -1.35. The molecule has 2 rings (SSSR count). The largest absolute Gasteiger partial charge is 0.479 e. The summed E-state index contributed by atoms with van der Waals surface area (Å²) < 4.78 is 56.9. The van der Waals surface area contributed by atoms with Crippen LogP contribution in [0.25, 0.3) is 0 Å². The Morgan fingerprint density at radius 1 is 1.21 bits per heavy atom. The zero-order valence-corrected chi connectivity index (χ0v) is 13.1. The second-order valence-electron chi connectivity index (χ2n) is 4.87. The third kappa shape index (κ3) is 4.38. The predicted molar refractivity (Wildman–Crippen MR) is 81.6 cm³/mol. The van der Waals surface area contributed by atoms with Crippen molar-refractivity contribution in [3.05, 3.63) is 58.9 Å². The van der Waals surface area contributed by atoms with Crippen LogP contribution >= 0.6 is 11.6 Å². The number of carbonyl (C=O) groups is 1. The van der Waals surface area contributed by atoms with E-state index in [4.69, 9.17) is 16.3 Å². The molecule has 1 N–H and O–H groups in total. The van der Waals surface area contributed by atoms with E-state index in [1.54, 1.807) is 0 Å². The monoisotopic (exact) mass is 361 g/mol. The molecule has 0 aliphatic rings. The van der Waals surface area contributed by atoms with Gasteiger partial charge in [-0.15, -0.1) is 0 Å². The van der Waals surface area contributed by atoms with Gasteiger partial charge in [0.25, 0.3) is 5.91 Å². The van der Waals surface area contributed by atoms with E-state index in [-0.39, 0.29) is 16.5 Å². The van der Waals surface area contributed by atoms with Gasteiger partial charge in [-0.2, -0.15) is 13.2 Å². The molecule has 3 nitrogen and oxygen atoms in total. The lowest BCUT2D eigenvalue weighted by Crippen LogP contribution is -2.31. The fourth-order valence-corrected chi connectivity index (χ4v) is 2.10. The van der Waals surface area contributed by atoms with E-state index in [9.17, 15) is 22.4 Å². The average Bonchev–Trinajstić information content (AvgIpc) is 2.49. The lowest BCUT2D eigenvalue weighted by Gasteiger charge is -2.18. The molecule has 24 heavy (non-hydrogen) atoms. The van der Waals surface area contributed by atoms with E-state index in [0.717, 1.165) is 24.3 Å². The van der Waals surface area contributed by atoms with E-state index in [1.165, 1.54) is 25.1 Å². The van der Waals surface area contributed by atoms with Crippen LogP contribution < -0.4 is 10.1 Å². The van der Waals surface area contributed by atoms with Crippen molar-refractivity contribution >= 4 is 23.2 Å². The number of nitrogens with one attached hydrogen (secondary N) is 1. The summed E-state index contributed by atoms with van der Waals surface area (Å²) in [6, 6.07) is 7.90. The molecule has 0 bridgehead atoms. The maximum Gasteiger partial charge on any atom is 0.418 e. The molecule has 0 radical (unpaired) electrons. The molecule has 8 heteroatoms. The smallest absolute Gasteiger partial charge is 0.418 e. The number of hydrogen-bond acceptors (Lipinski definition) is 2. The van der Waals surface area contributed by atoms with Crippen molar-refractivity contribution in [3.8, 4) is 5.75 Å². The molecule has 1 unspecified atom stereocenters. The molecular formula is C16H12ClF4NO2. The van der Waals surface area contributed by atoms with E-state index >= 15 is 0 Å². The summed E-state index contributed by atoms with van der Waals surface area (Å²) in [7, 11) is 0. The molecule has 0 saturated heterocycles. The van der Waals surface area contributed by atoms with Gasteiger partial charge in [0.15, 0.2) is 6.10 Å². The molecule has 0 spiro atoms. The molecule has 0 aromatic heterocycles. The van der Waals surface area contributed by atoms with Crippen molar-refractivity contribution in [1.82, 2.24) is 0 Å². The summed E-state index contributed by atoms with van der Waals surface area (Å²) in [5, 5.41) is 2.12. The first-order valence-corrected chi connectivity index (χ1v) is 7.15. The molecule has 0 saturated carbocycles. The standard InChI is InChI=1S/C16H12ClF4NO2/c1-9(24-14-7-6-10(18)8-12(14)17)15(23)22-13-5-3-2-4-11(13)16(19,20)21/h2-9H,1H3,(H,22,23). The number of benzene rings is 2. The molecule has 0 fully saturated rings. The van der Waals surface area contributed by atoms with Gasteiger partial charge >= 0.3 is 6.18 Å². The van der Waals surface area contributed by atoms with E-state index < -0.39 is 29.6 Å². The van der Waals surface area contributed by atoms with Crippen LogP contribution in [0.4, 0.5) is 23.2 Å². The normalized spacial score (nSPS) is 12.6. The minimum absolute atomic E-state index is 0.0461. The summed E-state index contributed by atoms with van der Waals surface area (Å²) >= 11 is 5.78. The van der Waals surface area contributed by atoms with E-state index in [0.29, 0.717) is 0 Å². The second kappa shape index (κ2) is 7.09. The third-order valence-electron chi connectivity index (χ3n) is 3.06. The van der Waals surface area contributed by atoms with Gasteiger partial charge < -0.3 is 10.1 Å². The first kappa shape index (κ1) is 18.1. The molecule has 128 valence electrons. The molecule has 0 aliphatic heterocycles. The third-order valence-corrected chi connectivity index (χ3v) is 3.35. The Labute approximate surface area is 140 Å². The van der Waals surface area contributed by atoms with Crippen molar-refractivity contribution < 1.29 is 27.1 Å². The van der Waals surface area contributed by atoms with Crippen LogP contribution in [0.3, 0.4) is 0 Å². The lowest BCUT2D eigenvalue weighted by atomic mass is 10.1. The van der Waals surface area contributed by atoms with Crippen molar-refractivity contribution in [2.45, 2.75) is 19.2 Å². The summed E-state index contributed by atoms with van der Waals surface area (Å²) in [4.78, 5) is 12.1. The lowest BCUT2D eigenvalue weighted by molar-refractivity contribution is -0.137. The number of ether oxygens (including phenoxy) is 1. The summed E-state index contributed by atoms with van der Waals surface area (Å²) in [5.74, 6) is -1.33. The Morgan fingerprint density at radius 3 is 2.50 bits per heavy atom. The Bertz CT molecular complexity index is 749. The zero-order valence-electron chi connectivity index (χ0n) is 12.3. The zero-order chi connectivity index (χ0) is 17.9. The van der Waals surface area contributed by atoms with Gasteiger partial charge in [-0.3, -0.25) is 4.79 Å². The molecule has 0 heterocycles. The van der Waals surface area contributed by atoms with Crippen molar-refractivity contribution in [2.24, 2.45) is 0 Å². The second-order valence-corrected chi connectivity index (χ2v) is 5.27. The van der Waals surface area contributed by atoms with Crippen LogP contribution in [-0.4, -0.2) is 12.0 Å². The minimum atomic E-state index is -4.60. The fraction of sp³-hybridized carbons (Fsp3) is 0.188. The highest BCUT2D eigenvalue weighted by Gasteiger charge is 2.34. The van der Waals surface area contributed by atoms with Crippen LogP contribution in [0.2, 0.25) is 5.02 Å². The van der Waals surface area contributed by atoms with Gasteiger partial charge in [0, 0.05) is 0 Å². The first-order chi connectivity index (χ1) is 11.2. The number of rotatable bonds is 4. The van der Waals surface area contributed by atoms with Gasteiger partial charge in [-0.1, -0.05) is 23.7 Å². The number of halogens is 5. The Hall–Kier alpha value is -2.28. The number of alkyl halides is 3. The minimum Gasteiger partial charge on any atom is -0.479 e. The molecule has 0 aliphatic carbocycles. The van der Waals surface area contributed by atoms with Gasteiger partial charge in [-0.05, 0) is 37.3 Å². The first-order valence-electron chi connectivity index (χ1n) is 6.77. The van der Waals surface area contributed by atoms with Crippen molar-refractivity contribution in [1.29, 1.82) is 0 Å². The van der Waals surface area contributed by atoms with Crippen LogP contribution in [-0.2, 0) is 11.0 Å². The number of para-hydroxylation sites is 1. The van der Waals surface area contributed by atoms with Gasteiger partial charge in [-0.25, -0.2) is 4.39 Å². The summed E-state index contributed by atoms with van der Waals surface area (Å²) in [6.45, 7) is 1.34. The molecular weight excluding hydrogens is 350 g/mol. The maximum atomic E-state index is 13.0. The van der Waals surface area contributed by atoms with Crippen LogP contribution in [0.1, 0.15) is 12.5 Å². The quantitative estimate of drug-likeness (QED) is 0.786. The molecule has 1 amide bonds. The van der Waals surface area contributed by atoms with Crippen molar-refractivity contribution in [2.75, 3.05) is 5.32 Å². The number of amides is 1. The predicted octanol–water partition coefficient (Wildman–Crippen LogP) is 4.90. The maximum absolute atomic E-state index is 13.0. The molecule has 1 atom stereocenters. The van der Waals surface area contributed by atoms with Gasteiger partial charge in [0.05, 0.1) is 16.3 Å². The molecule has 2 aromatic carbocycles. The highest BCUT2D eigenvalue weighted by atomic mass is 35.5. The Morgan fingerprint density at radius 2 is 1.88 bits per heavy atom. The van der Waals surface area contributed by atoms with E-state index in [1.807, 2.05) is 0 Å². The number of anilines is 1. The number of carbonyl (C=O) groups excluding carboxylic acids is 1. The van der Waals surface area contributed by atoms with E-state index in [2.05, 4.69) is 5.32 Å². The summed E-state index contributed by atoms with van der Waals surface area (Å²) in [6.07, 6.45) is -5.75. The number of hydrogen-bond donors (Lipinski definition) is 1. The van der Waals surface area contributed by atoms with Crippen LogP contribution in [0.15, 0.2) is 42.5 Å². The van der Waals surface area contributed by atoms with Crippen molar-refractivity contribution in [3.63, 3.8) is 0 Å². The highest BCUT2D eigenvalue weighted by molar-refractivity contribution is 6.32. The topological polar surface area (TPSA) is 38.3 Å². The Balaban J connectivity index is 2.13. The Kier molecular flexibility index (Phi) is 5.33. The average molecular weight is 362 g/mol.